The number of methoxy groups -OCH3 is 1. The number of nitrogens with zero attached hydrogens (tertiary/aromatic N) is 2. The first kappa shape index (κ1) is 24.8. The topological polar surface area (TPSA) is 68.2 Å². The monoisotopic (exact) mass is 550 g/mol. The highest BCUT2D eigenvalue weighted by molar-refractivity contribution is 9.10. The van der Waals surface area contributed by atoms with Gasteiger partial charge in [0, 0.05) is 17.1 Å². The lowest BCUT2D eigenvalue weighted by molar-refractivity contribution is -0.121. The molecular weight excluding hydrogens is 528 g/mol. The number of thioether (sulfide) groups is 1. The summed E-state index contributed by atoms with van der Waals surface area (Å²) >= 11 is 4.80. The van der Waals surface area contributed by atoms with Crippen molar-refractivity contribution >= 4 is 56.5 Å². The molecule has 1 fully saturated rings. The van der Waals surface area contributed by atoms with Crippen LogP contribution in [0.3, 0.4) is 0 Å². The third-order valence-corrected chi connectivity index (χ3v) is 6.84. The van der Waals surface area contributed by atoms with Crippen LogP contribution < -0.4 is 4.74 Å². The fourth-order valence-electron chi connectivity index (χ4n) is 3.30. The number of aliphatic imine (C=N–C) groups is 1. The molecule has 0 radical (unpaired) electrons. The van der Waals surface area contributed by atoms with E-state index in [1.54, 1.807) is 31.3 Å². The molecule has 6 nitrogen and oxygen atoms in total. The summed E-state index contributed by atoms with van der Waals surface area (Å²) in [5, 5.41) is 0.546. The predicted molar refractivity (Wildman–Crippen MR) is 143 cm³/mol. The highest BCUT2D eigenvalue weighted by Gasteiger charge is 2.30. The third kappa shape index (κ3) is 6.01. The number of benzene rings is 3. The molecule has 0 aliphatic carbocycles. The number of carbonyl (C=O) groups excluding carboxylic acids is 2. The van der Waals surface area contributed by atoms with Crippen LogP contribution in [-0.2, 0) is 16.1 Å². The SMILES string of the molecule is COC(=O)c1ccc(N=C2SC(=Cc3cc(Br)ccc3OCc3ccc(C)cc3)C(=O)N2C)cc1. The Morgan fingerprint density at radius 3 is 2.49 bits per heavy atom. The van der Waals surface area contributed by atoms with Crippen molar-refractivity contribution in [2.24, 2.45) is 4.99 Å². The van der Waals surface area contributed by atoms with Gasteiger partial charge in [-0.1, -0.05) is 45.8 Å². The summed E-state index contributed by atoms with van der Waals surface area (Å²) in [4.78, 5) is 31.2. The van der Waals surface area contributed by atoms with Gasteiger partial charge in [0.15, 0.2) is 5.17 Å². The van der Waals surface area contributed by atoms with E-state index in [0.29, 0.717) is 33.7 Å². The van der Waals surface area contributed by atoms with Gasteiger partial charge in [-0.2, -0.15) is 0 Å². The second-order valence-electron chi connectivity index (χ2n) is 7.86. The van der Waals surface area contributed by atoms with E-state index in [4.69, 9.17) is 9.47 Å². The molecule has 0 saturated carbocycles. The van der Waals surface area contributed by atoms with Gasteiger partial charge in [-0.25, -0.2) is 9.79 Å². The number of amidine groups is 1. The van der Waals surface area contributed by atoms with Crippen LogP contribution >= 0.6 is 27.7 Å². The normalized spacial score (nSPS) is 15.7. The molecule has 0 aromatic heterocycles. The number of hydrogen-bond donors (Lipinski definition) is 0. The fourth-order valence-corrected chi connectivity index (χ4v) is 4.66. The summed E-state index contributed by atoms with van der Waals surface area (Å²) in [7, 11) is 3.03. The molecule has 35 heavy (non-hydrogen) atoms. The number of amides is 1. The molecule has 1 saturated heterocycles. The number of rotatable bonds is 6. The number of aryl methyl sites for hydroxylation is 1. The van der Waals surface area contributed by atoms with Crippen molar-refractivity contribution in [1.82, 2.24) is 4.90 Å². The van der Waals surface area contributed by atoms with Crippen LogP contribution in [-0.4, -0.2) is 36.1 Å². The second-order valence-corrected chi connectivity index (χ2v) is 9.79. The maximum atomic E-state index is 12.9. The third-order valence-electron chi connectivity index (χ3n) is 5.29. The van der Waals surface area contributed by atoms with E-state index in [0.717, 1.165) is 15.6 Å². The quantitative estimate of drug-likeness (QED) is 0.264. The molecule has 4 rings (SSSR count). The number of halogens is 1. The standard InChI is InChI=1S/C27H23BrN2O4S/c1-17-4-6-18(7-5-17)16-34-23-13-10-21(28)14-20(23)15-24-25(31)30(2)27(35-24)29-22-11-8-19(9-12-22)26(32)33-3/h4-15H,16H2,1-3H3. The van der Waals surface area contributed by atoms with Gasteiger partial charge in [-0.15, -0.1) is 0 Å². The molecule has 8 heteroatoms. The van der Waals surface area contributed by atoms with Gasteiger partial charge >= 0.3 is 5.97 Å². The zero-order chi connectivity index (χ0) is 24.9. The van der Waals surface area contributed by atoms with Gasteiger partial charge in [0.2, 0.25) is 0 Å². The Kier molecular flexibility index (Phi) is 7.73. The van der Waals surface area contributed by atoms with Crippen molar-refractivity contribution in [2.45, 2.75) is 13.5 Å². The molecule has 0 bridgehead atoms. The van der Waals surface area contributed by atoms with Crippen LogP contribution in [0, 0.1) is 6.92 Å². The number of hydrogen-bond acceptors (Lipinski definition) is 6. The van der Waals surface area contributed by atoms with Gasteiger partial charge in [0.25, 0.3) is 5.91 Å². The predicted octanol–water partition coefficient (Wildman–Crippen LogP) is 6.36. The van der Waals surface area contributed by atoms with Crippen molar-refractivity contribution in [2.75, 3.05) is 14.2 Å². The van der Waals surface area contributed by atoms with E-state index in [-0.39, 0.29) is 5.91 Å². The van der Waals surface area contributed by atoms with Crippen LogP contribution in [0.2, 0.25) is 0 Å². The summed E-state index contributed by atoms with van der Waals surface area (Å²) in [5.41, 5.74) is 4.12. The van der Waals surface area contributed by atoms with Gasteiger partial charge in [0.1, 0.15) is 12.4 Å². The Balaban J connectivity index is 1.56. The van der Waals surface area contributed by atoms with Crippen LogP contribution in [0.1, 0.15) is 27.0 Å². The molecule has 1 amide bonds. The zero-order valence-electron chi connectivity index (χ0n) is 19.4. The Morgan fingerprint density at radius 2 is 1.80 bits per heavy atom. The Hall–Kier alpha value is -3.36. The van der Waals surface area contributed by atoms with Crippen molar-refractivity contribution in [3.05, 3.63) is 98.4 Å². The Labute approximate surface area is 216 Å². The summed E-state index contributed by atoms with van der Waals surface area (Å²) in [6.45, 7) is 2.47. The van der Waals surface area contributed by atoms with Crippen LogP contribution in [0.5, 0.6) is 5.75 Å². The number of ether oxygens (including phenoxy) is 2. The summed E-state index contributed by atoms with van der Waals surface area (Å²) < 4.78 is 11.7. The van der Waals surface area contributed by atoms with E-state index >= 15 is 0 Å². The summed E-state index contributed by atoms with van der Waals surface area (Å²) in [5.74, 6) is 0.122. The summed E-state index contributed by atoms with van der Waals surface area (Å²) in [6, 6.07) is 20.6. The summed E-state index contributed by atoms with van der Waals surface area (Å²) in [6.07, 6.45) is 1.82. The minimum absolute atomic E-state index is 0.149. The number of likely N-dealkylation sites (N-methyl/N-ethyl adjacent to an activating group) is 1. The largest absolute Gasteiger partial charge is 0.488 e. The van der Waals surface area contributed by atoms with Crippen molar-refractivity contribution < 1.29 is 19.1 Å². The van der Waals surface area contributed by atoms with E-state index in [2.05, 4.69) is 33.1 Å². The lowest BCUT2D eigenvalue weighted by Gasteiger charge is -2.11. The van der Waals surface area contributed by atoms with Crippen LogP contribution in [0.25, 0.3) is 6.08 Å². The molecule has 0 unspecified atom stereocenters. The van der Waals surface area contributed by atoms with E-state index in [1.807, 2.05) is 43.3 Å². The second kappa shape index (κ2) is 10.9. The Morgan fingerprint density at radius 1 is 1.09 bits per heavy atom. The first-order valence-electron chi connectivity index (χ1n) is 10.8. The molecule has 3 aromatic carbocycles. The minimum atomic E-state index is -0.411. The molecular formula is C27H23BrN2O4S. The average Bonchev–Trinajstić information content (AvgIpc) is 3.12. The van der Waals surface area contributed by atoms with Gasteiger partial charge < -0.3 is 9.47 Å². The molecule has 1 heterocycles. The molecule has 178 valence electrons. The lowest BCUT2D eigenvalue weighted by Crippen LogP contribution is -2.23. The number of esters is 1. The van der Waals surface area contributed by atoms with Gasteiger partial charge in [-0.05, 0) is 72.8 Å². The fraction of sp³-hybridized carbons (Fsp3) is 0.148. The zero-order valence-corrected chi connectivity index (χ0v) is 21.9. The molecule has 1 aliphatic heterocycles. The molecule has 3 aromatic rings. The van der Waals surface area contributed by atoms with Crippen LogP contribution in [0.15, 0.2) is 81.1 Å². The Bertz CT molecular complexity index is 1320. The molecule has 0 N–H and O–H groups in total. The first-order chi connectivity index (χ1) is 16.8. The number of carbonyl (C=O) groups is 2. The highest BCUT2D eigenvalue weighted by atomic mass is 79.9. The highest BCUT2D eigenvalue weighted by Crippen LogP contribution is 2.35. The van der Waals surface area contributed by atoms with Gasteiger partial charge in [-0.3, -0.25) is 9.69 Å². The lowest BCUT2D eigenvalue weighted by atomic mass is 10.1. The maximum Gasteiger partial charge on any atom is 0.337 e. The van der Waals surface area contributed by atoms with E-state index in [1.165, 1.54) is 29.3 Å². The van der Waals surface area contributed by atoms with Crippen molar-refractivity contribution in [1.29, 1.82) is 0 Å². The molecule has 1 aliphatic rings. The van der Waals surface area contributed by atoms with E-state index in [9.17, 15) is 9.59 Å². The van der Waals surface area contributed by atoms with Gasteiger partial charge in [0.05, 0.1) is 23.3 Å². The smallest absolute Gasteiger partial charge is 0.337 e. The molecule has 0 atom stereocenters. The molecule has 0 spiro atoms. The average molecular weight is 551 g/mol. The minimum Gasteiger partial charge on any atom is -0.488 e. The van der Waals surface area contributed by atoms with Crippen molar-refractivity contribution in [3.63, 3.8) is 0 Å². The maximum absolute atomic E-state index is 12.9. The van der Waals surface area contributed by atoms with Crippen LogP contribution in [0.4, 0.5) is 5.69 Å². The van der Waals surface area contributed by atoms with Crippen molar-refractivity contribution in [3.8, 4) is 5.75 Å². The van der Waals surface area contributed by atoms with E-state index < -0.39 is 5.97 Å². The first-order valence-corrected chi connectivity index (χ1v) is 12.4.